The number of nitrogens with zero attached hydrogens (tertiary/aromatic N) is 2. The second kappa shape index (κ2) is 10.8. The molecule has 0 spiro atoms. The van der Waals surface area contributed by atoms with Gasteiger partial charge in [-0.25, -0.2) is 4.98 Å². The summed E-state index contributed by atoms with van der Waals surface area (Å²) < 4.78 is 13.1. The van der Waals surface area contributed by atoms with Gasteiger partial charge in [0.1, 0.15) is 16.7 Å². The van der Waals surface area contributed by atoms with E-state index in [1.165, 1.54) is 32.3 Å². The minimum atomic E-state index is 0.584. The van der Waals surface area contributed by atoms with E-state index in [0.717, 1.165) is 66.4 Å². The molecule has 0 amide bonds. The highest BCUT2D eigenvalue weighted by Gasteiger charge is 2.20. The molecular formula is C47H28N2O2. The summed E-state index contributed by atoms with van der Waals surface area (Å²) in [5.74, 6) is 0.584. The van der Waals surface area contributed by atoms with Crippen LogP contribution in [0.25, 0.3) is 87.6 Å². The molecule has 0 saturated carbocycles. The van der Waals surface area contributed by atoms with Crippen molar-refractivity contribution in [3.05, 3.63) is 170 Å². The van der Waals surface area contributed by atoms with Crippen LogP contribution in [-0.4, -0.2) is 4.98 Å². The molecule has 4 heteroatoms. The second-order valence-electron chi connectivity index (χ2n) is 13.1. The fourth-order valence-electron chi connectivity index (χ4n) is 7.87. The Balaban J connectivity index is 1.09. The van der Waals surface area contributed by atoms with Crippen LogP contribution in [0.4, 0.5) is 17.1 Å². The molecule has 0 unspecified atom stereocenters. The van der Waals surface area contributed by atoms with Crippen molar-refractivity contribution >= 4 is 93.2 Å². The van der Waals surface area contributed by atoms with E-state index in [4.69, 9.17) is 13.8 Å². The van der Waals surface area contributed by atoms with Gasteiger partial charge in [0, 0.05) is 44.9 Å². The maximum absolute atomic E-state index is 6.59. The number of anilines is 3. The molecule has 0 bridgehead atoms. The zero-order valence-electron chi connectivity index (χ0n) is 27.4. The summed E-state index contributed by atoms with van der Waals surface area (Å²) in [7, 11) is 0. The number of fused-ring (bicyclic) bond motifs is 11. The lowest BCUT2D eigenvalue weighted by atomic mass is 9.96. The van der Waals surface area contributed by atoms with Crippen molar-refractivity contribution in [2.75, 3.05) is 4.90 Å². The highest BCUT2D eigenvalue weighted by Crippen LogP contribution is 2.43. The van der Waals surface area contributed by atoms with E-state index in [1.54, 1.807) is 0 Å². The zero-order valence-corrected chi connectivity index (χ0v) is 27.4. The SMILES string of the molecule is c1ccc(N(c2ccc3c(c2)oc2cccc(-c4nc5ccc6ccccc6c5o4)c23)c2ccc3ccc4c5ccccc5ccc4c3c2)cc1. The van der Waals surface area contributed by atoms with Crippen LogP contribution in [0, 0.1) is 0 Å². The van der Waals surface area contributed by atoms with Gasteiger partial charge >= 0.3 is 0 Å². The third-order valence-electron chi connectivity index (χ3n) is 10.2. The van der Waals surface area contributed by atoms with E-state index < -0.39 is 0 Å². The first kappa shape index (κ1) is 28.0. The average molecular weight is 653 g/mol. The molecule has 0 radical (unpaired) electrons. The predicted molar refractivity (Wildman–Crippen MR) is 211 cm³/mol. The molecule has 0 N–H and O–H groups in total. The van der Waals surface area contributed by atoms with Gasteiger partial charge in [-0.15, -0.1) is 0 Å². The van der Waals surface area contributed by atoms with Crippen molar-refractivity contribution in [1.29, 1.82) is 0 Å². The minimum absolute atomic E-state index is 0.584. The molecule has 51 heavy (non-hydrogen) atoms. The summed E-state index contributed by atoms with van der Waals surface area (Å²) in [6, 6.07) is 59.8. The summed E-state index contributed by atoms with van der Waals surface area (Å²) >= 11 is 0. The quantitative estimate of drug-likeness (QED) is 0.177. The fraction of sp³-hybridized carbons (Fsp3) is 0. The Morgan fingerprint density at radius 2 is 1.04 bits per heavy atom. The highest BCUT2D eigenvalue weighted by molar-refractivity contribution is 6.18. The van der Waals surface area contributed by atoms with Crippen molar-refractivity contribution in [2.24, 2.45) is 0 Å². The van der Waals surface area contributed by atoms with Crippen molar-refractivity contribution in [1.82, 2.24) is 4.98 Å². The number of furan rings is 1. The fourth-order valence-corrected chi connectivity index (χ4v) is 7.87. The number of para-hydroxylation sites is 1. The minimum Gasteiger partial charge on any atom is -0.456 e. The highest BCUT2D eigenvalue weighted by atomic mass is 16.3. The maximum Gasteiger partial charge on any atom is 0.228 e. The molecule has 0 aliphatic carbocycles. The van der Waals surface area contributed by atoms with Gasteiger partial charge in [0.25, 0.3) is 0 Å². The summed E-state index contributed by atoms with van der Waals surface area (Å²) in [6.45, 7) is 0. The van der Waals surface area contributed by atoms with Gasteiger partial charge in [0.15, 0.2) is 5.58 Å². The Labute approximate surface area is 292 Å². The Hall–Kier alpha value is -6.91. The molecule has 0 saturated heterocycles. The van der Waals surface area contributed by atoms with E-state index in [-0.39, 0.29) is 0 Å². The van der Waals surface area contributed by atoms with Gasteiger partial charge in [-0.1, -0.05) is 109 Å². The van der Waals surface area contributed by atoms with E-state index in [0.29, 0.717) is 5.89 Å². The van der Waals surface area contributed by atoms with E-state index >= 15 is 0 Å². The Morgan fingerprint density at radius 1 is 0.392 bits per heavy atom. The molecule has 2 heterocycles. The molecule has 238 valence electrons. The van der Waals surface area contributed by atoms with E-state index in [1.807, 2.05) is 30.3 Å². The summed E-state index contributed by atoms with van der Waals surface area (Å²) in [5.41, 5.74) is 7.29. The van der Waals surface area contributed by atoms with Crippen LogP contribution in [-0.2, 0) is 0 Å². The third kappa shape index (κ3) is 4.30. The van der Waals surface area contributed by atoms with E-state index in [2.05, 4.69) is 144 Å². The normalized spacial score (nSPS) is 11.9. The van der Waals surface area contributed by atoms with Crippen LogP contribution in [0.3, 0.4) is 0 Å². The number of oxazole rings is 1. The van der Waals surface area contributed by atoms with Gasteiger partial charge in [-0.05, 0) is 92.3 Å². The van der Waals surface area contributed by atoms with Crippen molar-refractivity contribution in [3.8, 4) is 11.5 Å². The van der Waals surface area contributed by atoms with Crippen LogP contribution < -0.4 is 4.90 Å². The lowest BCUT2D eigenvalue weighted by molar-refractivity contribution is 0.623. The summed E-state index contributed by atoms with van der Waals surface area (Å²) in [5, 5.41) is 11.6. The second-order valence-corrected chi connectivity index (χ2v) is 13.1. The van der Waals surface area contributed by atoms with Crippen LogP contribution in [0.15, 0.2) is 179 Å². The number of hydrogen-bond acceptors (Lipinski definition) is 4. The number of hydrogen-bond donors (Lipinski definition) is 0. The van der Waals surface area contributed by atoms with Gasteiger partial charge in [-0.2, -0.15) is 0 Å². The monoisotopic (exact) mass is 652 g/mol. The van der Waals surface area contributed by atoms with Crippen molar-refractivity contribution in [3.63, 3.8) is 0 Å². The van der Waals surface area contributed by atoms with Gasteiger partial charge in [0.05, 0.1) is 0 Å². The molecule has 4 nitrogen and oxygen atoms in total. The predicted octanol–water partition coefficient (Wildman–Crippen LogP) is 13.5. The van der Waals surface area contributed by atoms with Crippen molar-refractivity contribution < 1.29 is 8.83 Å². The Kier molecular flexibility index (Phi) is 5.92. The van der Waals surface area contributed by atoms with Crippen LogP contribution >= 0.6 is 0 Å². The zero-order chi connectivity index (χ0) is 33.5. The molecule has 9 aromatic carbocycles. The molecule has 0 aliphatic rings. The van der Waals surface area contributed by atoms with Crippen molar-refractivity contribution in [2.45, 2.75) is 0 Å². The van der Waals surface area contributed by atoms with E-state index in [9.17, 15) is 0 Å². The van der Waals surface area contributed by atoms with Gasteiger partial charge < -0.3 is 13.7 Å². The molecule has 0 aliphatic heterocycles. The topological polar surface area (TPSA) is 42.4 Å². The van der Waals surface area contributed by atoms with Gasteiger partial charge in [0.2, 0.25) is 5.89 Å². The number of benzene rings is 9. The molecule has 0 atom stereocenters. The van der Waals surface area contributed by atoms with Crippen LogP contribution in [0.1, 0.15) is 0 Å². The lowest BCUT2D eigenvalue weighted by Crippen LogP contribution is -2.09. The first-order valence-corrected chi connectivity index (χ1v) is 17.2. The standard InChI is InChI=1S/C47H28N2O2/c1-2-11-32(12-3-1)49(33-21-17-31-19-23-37-35-13-6-4-9-29(35)18-24-38(37)41(31)27-33)34-22-25-39-44(28-34)50-43-16-8-15-40(45(39)43)47-48-42-26-20-30-10-5-7-14-36(30)46(42)51-47/h1-28H. The van der Waals surface area contributed by atoms with Crippen LogP contribution in [0.5, 0.6) is 0 Å². The average Bonchev–Trinajstić information content (AvgIpc) is 3.80. The third-order valence-corrected chi connectivity index (χ3v) is 10.2. The molecular weight excluding hydrogens is 625 g/mol. The Morgan fingerprint density at radius 3 is 1.90 bits per heavy atom. The maximum atomic E-state index is 6.59. The van der Waals surface area contributed by atoms with Crippen LogP contribution in [0.2, 0.25) is 0 Å². The van der Waals surface area contributed by atoms with Gasteiger partial charge in [-0.3, -0.25) is 0 Å². The molecule has 11 aromatic rings. The Bertz CT molecular complexity index is 3160. The smallest absolute Gasteiger partial charge is 0.228 e. The summed E-state index contributed by atoms with van der Waals surface area (Å²) in [6.07, 6.45) is 0. The summed E-state index contributed by atoms with van der Waals surface area (Å²) in [4.78, 5) is 7.25. The molecule has 11 rings (SSSR count). The molecule has 0 fully saturated rings. The molecule has 2 aromatic heterocycles. The number of aromatic nitrogens is 1. The lowest BCUT2D eigenvalue weighted by Gasteiger charge is -2.26. The first-order valence-electron chi connectivity index (χ1n) is 17.2. The largest absolute Gasteiger partial charge is 0.456 e. The first-order chi connectivity index (χ1) is 25.3. The number of rotatable bonds is 4.